The molecule has 0 saturated heterocycles. The molecular formula is C26H22ClF2N3O2. The molecule has 1 aromatic heterocycles. The van der Waals surface area contributed by atoms with Gasteiger partial charge in [0.25, 0.3) is 5.91 Å². The molecule has 0 atom stereocenters. The van der Waals surface area contributed by atoms with E-state index in [4.69, 9.17) is 16.3 Å². The topological polar surface area (TPSA) is 56.2 Å². The van der Waals surface area contributed by atoms with Gasteiger partial charge in [-0.05, 0) is 73.5 Å². The SMILES string of the molecule is Cc1nn(Cc2ccc(F)cc2Cl)c(C)c1NC(=O)c1ccc(COc2ccc(F)cc2)cc1. The number of aromatic nitrogens is 2. The second-order valence-corrected chi connectivity index (χ2v) is 8.24. The van der Waals surface area contributed by atoms with Gasteiger partial charge in [-0.15, -0.1) is 0 Å². The van der Waals surface area contributed by atoms with Crippen LogP contribution in [0.2, 0.25) is 5.02 Å². The van der Waals surface area contributed by atoms with Crippen molar-refractivity contribution in [2.24, 2.45) is 0 Å². The third-order valence-corrected chi connectivity index (χ3v) is 5.74. The summed E-state index contributed by atoms with van der Waals surface area (Å²) >= 11 is 6.14. The van der Waals surface area contributed by atoms with E-state index in [0.717, 1.165) is 16.8 Å². The quantitative estimate of drug-likeness (QED) is 0.336. The van der Waals surface area contributed by atoms with Crippen LogP contribution in [0.4, 0.5) is 14.5 Å². The van der Waals surface area contributed by atoms with E-state index >= 15 is 0 Å². The first kappa shape index (κ1) is 23.4. The van der Waals surface area contributed by atoms with Crippen LogP contribution >= 0.6 is 11.6 Å². The Balaban J connectivity index is 1.41. The summed E-state index contributed by atoms with van der Waals surface area (Å²) in [5.41, 5.74) is 4.12. The molecule has 0 fully saturated rings. The van der Waals surface area contributed by atoms with Crippen LogP contribution in [0.25, 0.3) is 0 Å². The Labute approximate surface area is 200 Å². The van der Waals surface area contributed by atoms with Crippen LogP contribution in [-0.2, 0) is 13.2 Å². The summed E-state index contributed by atoms with van der Waals surface area (Å²) in [5.74, 6) is -0.425. The van der Waals surface area contributed by atoms with E-state index in [1.54, 1.807) is 54.1 Å². The fourth-order valence-electron chi connectivity index (χ4n) is 3.48. The summed E-state index contributed by atoms with van der Waals surface area (Å²) in [6.45, 7) is 4.30. The first-order chi connectivity index (χ1) is 16.3. The van der Waals surface area contributed by atoms with Gasteiger partial charge in [0, 0.05) is 10.6 Å². The number of nitrogens with one attached hydrogen (secondary N) is 1. The molecule has 8 heteroatoms. The Morgan fingerprint density at radius 1 is 1.00 bits per heavy atom. The summed E-state index contributed by atoms with van der Waals surface area (Å²) in [4.78, 5) is 12.8. The van der Waals surface area contributed by atoms with Crippen LogP contribution in [0, 0.1) is 25.5 Å². The third-order valence-electron chi connectivity index (χ3n) is 5.39. The van der Waals surface area contributed by atoms with Crippen molar-refractivity contribution in [3.05, 3.63) is 111 Å². The van der Waals surface area contributed by atoms with Crippen LogP contribution in [0.15, 0.2) is 66.7 Å². The fourth-order valence-corrected chi connectivity index (χ4v) is 3.71. The van der Waals surface area contributed by atoms with Crippen molar-refractivity contribution in [2.75, 3.05) is 5.32 Å². The number of carbonyl (C=O) groups is 1. The lowest BCUT2D eigenvalue weighted by Gasteiger charge is -2.09. The Morgan fingerprint density at radius 2 is 1.68 bits per heavy atom. The van der Waals surface area contributed by atoms with Crippen LogP contribution in [0.1, 0.15) is 32.9 Å². The van der Waals surface area contributed by atoms with E-state index in [-0.39, 0.29) is 11.7 Å². The number of halogens is 3. The number of anilines is 1. The summed E-state index contributed by atoms with van der Waals surface area (Å²) < 4.78 is 33.7. The Bertz CT molecular complexity index is 1320. The molecule has 1 heterocycles. The van der Waals surface area contributed by atoms with Gasteiger partial charge in [-0.2, -0.15) is 5.10 Å². The van der Waals surface area contributed by atoms with Crippen molar-refractivity contribution in [2.45, 2.75) is 27.0 Å². The molecule has 0 spiro atoms. The number of amides is 1. The van der Waals surface area contributed by atoms with Gasteiger partial charge in [0.05, 0.1) is 23.6 Å². The van der Waals surface area contributed by atoms with Crippen LogP contribution in [0.3, 0.4) is 0 Å². The van der Waals surface area contributed by atoms with Crippen LogP contribution < -0.4 is 10.1 Å². The number of rotatable bonds is 7. The molecule has 1 amide bonds. The number of carbonyl (C=O) groups excluding carboxylic acids is 1. The number of hydrogen-bond acceptors (Lipinski definition) is 3. The zero-order chi connectivity index (χ0) is 24.2. The van der Waals surface area contributed by atoms with Crippen molar-refractivity contribution < 1.29 is 18.3 Å². The van der Waals surface area contributed by atoms with Crippen molar-refractivity contribution in [3.8, 4) is 5.75 Å². The molecule has 0 unspecified atom stereocenters. The van der Waals surface area contributed by atoms with E-state index in [1.165, 1.54) is 24.3 Å². The Morgan fingerprint density at radius 3 is 2.35 bits per heavy atom. The molecule has 4 aromatic rings. The third kappa shape index (κ3) is 5.43. The molecule has 34 heavy (non-hydrogen) atoms. The van der Waals surface area contributed by atoms with Gasteiger partial charge in [0.15, 0.2) is 0 Å². The van der Waals surface area contributed by atoms with Gasteiger partial charge in [0.1, 0.15) is 24.0 Å². The average molecular weight is 482 g/mol. The summed E-state index contributed by atoms with van der Waals surface area (Å²) in [5, 5.41) is 7.74. The Kier molecular flexibility index (Phi) is 6.93. The highest BCUT2D eigenvalue weighted by Gasteiger charge is 2.16. The standard InChI is InChI=1S/C26H22ClF2N3O2/c1-16-25(17(2)32(31-16)14-20-7-8-22(29)13-24(20)27)30-26(33)19-5-3-18(4-6-19)15-34-23-11-9-21(28)10-12-23/h3-13H,14-15H2,1-2H3,(H,30,33). The first-order valence-corrected chi connectivity index (χ1v) is 10.9. The number of aryl methyl sites for hydroxylation is 1. The van der Waals surface area contributed by atoms with E-state index in [0.29, 0.717) is 40.9 Å². The highest BCUT2D eigenvalue weighted by Crippen LogP contribution is 2.24. The number of benzene rings is 3. The largest absolute Gasteiger partial charge is 0.489 e. The predicted octanol–water partition coefficient (Wildman–Crippen LogP) is 6.31. The van der Waals surface area contributed by atoms with Gasteiger partial charge in [0.2, 0.25) is 0 Å². The number of nitrogens with zero attached hydrogens (tertiary/aromatic N) is 2. The molecular weight excluding hydrogens is 460 g/mol. The molecule has 0 saturated carbocycles. The van der Waals surface area contributed by atoms with Gasteiger partial charge >= 0.3 is 0 Å². The van der Waals surface area contributed by atoms with Crippen molar-refractivity contribution in [3.63, 3.8) is 0 Å². The van der Waals surface area contributed by atoms with E-state index in [9.17, 15) is 13.6 Å². The zero-order valence-electron chi connectivity index (χ0n) is 18.6. The fraction of sp³-hybridized carbons (Fsp3) is 0.154. The number of ether oxygens (including phenoxy) is 1. The van der Waals surface area contributed by atoms with E-state index in [2.05, 4.69) is 10.4 Å². The second kappa shape index (κ2) is 10.1. The lowest BCUT2D eigenvalue weighted by Crippen LogP contribution is -2.13. The van der Waals surface area contributed by atoms with Crippen LogP contribution in [0.5, 0.6) is 5.75 Å². The maximum Gasteiger partial charge on any atom is 0.255 e. The lowest BCUT2D eigenvalue weighted by molar-refractivity contribution is 0.102. The normalized spacial score (nSPS) is 10.9. The highest BCUT2D eigenvalue weighted by molar-refractivity contribution is 6.31. The minimum absolute atomic E-state index is 0.267. The molecule has 0 aliphatic rings. The van der Waals surface area contributed by atoms with E-state index in [1.807, 2.05) is 6.92 Å². The van der Waals surface area contributed by atoms with Gasteiger partial charge < -0.3 is 10.1 Å². The maximum absolute atomic E-state index is 13.3. The van der Waals surface area contributed by atoms with E-state index < -0.39 is 5.82 Å². The molecule has 1 N–H and O–H groups in total. The zero-order valence-corrected chi connectivity index (χ0v) is 19.4. The molecule has 5 nitrogen and oxygen atoms in total. The molecule has 0 aliphatic heterocycles. The molecule has 3 aromatic carbocycles. The van der Waals surface area contributed by atoms with Crippen molar-refractivity contribution in [1.29, 1.82) is 0 Å². The highest BCUT2D eigenvalue weighted by atomic mass is 35.5. The first-order valence-electron chi connectivity index (χ1n) is 10.6. The van der Waals surface area contributed by atoms with Crippen LogP contribution in [-0.4, -0.2) is 15.7 Å². The monoisotopic (exact) mass is 481 g/mol. The van der Waals surface area contributed by atoms with Crippen molar-refractivity contribution >= 4 is 23.2 Å². The minimum atomic E-state index is -0.400. The predicted molar refractivity (Wildman–Crippen MR) is 127 cm³/mol. The van der Waals surface area contributed by atoms with Crippen molar-refractivity contribution in [1.82, 2.24) is 9.78 Å². The van der Waals surface area contributed by atoms with Gasteiger partial charge in [-0.25, -0.2) is 8.78 Å². The molecule has 0 radical (unpaired) electrons. The summed E-state index contributed by atoms with van der Waals surface area (Å²) in [6.07, 6.45) is 0. The summed E-state index contributed by atoms with van der Waals surface area (Å²) in [7, 11) is 0. The minimum Gasteiger partial charge on any atom is -0.489 e. The smallest absolute Gasteiger partial charge is 0.255 e. The molecule has 4 rings (SSSR count). The second-order valence-electron chi connectivity index (χ2n) is 7.83. The summed E-state index contributed by atoms with van der Waals surface area (Å²) in [6, 6.07) is 17.1. The maximum atomic E-state index is 13.3. The molecule has 0 aliphatic carbocycles. The number of hydrogen-bond donors (Lipinski definition) is 1. The molecule has 0 bridgehead atoms. The Hall–Kier alpha value is -3.71. The van der Waals surface area contributed by atoms with Gasteiger partial charge in [-0.3, -0.25) is 9.48 Å². The average Bonchev–Trinajstić information content (AvgIpc) is 3.08. The van der Waals surface area contributed by atoms with Gasteiger partial charge in [-0.1, -0.05) is 29.8 Å². The lowest BCUT2D eigenvalue weighted by atomic mass is 10.1. The molecule has 174 valence electrons.